The quantitative estimate of drug-likeness (QED) is 0.629. The van der Waals surface area contributed by atoms with E-state index in [9.17, 15) is 40.4 Å². The van der Waals surface area contributed by atoms with E-state index in [1.54, 1.807) is 13.8 Å². The van der Waals surface area contributed by atoms with Crippen LogP contribution in [0, 0.1) is 11.7 Å². The maximum atomic E-state index is 14.5. The first-order valence-electron chi connectivity index (χ1n) is 8.65. The van der Waals surface area contributed by atoms with Crippen molar-refractivity contribution < 1.29 is 35.5 Å². The zero-order valence-electron chi connectivity index (χ0n) is 16.7. The van der Waals surface area contributed by atoms with Gasteiger partial charge in [0.1, 0.15) is 16.4 Å². The molecule has 0 saturated carbocycles. The number of hydrogen-bond donors (Lipinski definition) is 1. The molecule has 176 valence electrons. The third-order valence-electron chi connectivity index (χ3n) is 3.91. The molecule has 15 heteroatoms. The summed E-state index contributed by atoms with van der Waals surface area (Å²) in [6.45, 7) is 3.25. The van der Waals surface area contributed by atoms with Gasteiger partial charge in [-0.1, -0.05) is 25.4 Å². The highest BCUT2D eigenvalue weighted by Gasteiger charge is 2.35. The molecular formula is C17H16ClF4N3O6S. The fourth-order valence-electron chi connectivity index (χ4n) is 2.45. The number of carbonyl (C=O) groups is 1. The Bertz CT molecular complexity index is 1280. The first kappa shape index (κ1) is 25.4. The Balaban J connectivity index is 2.64. The molecule has 1 heterocycles. The SMILES string of the molecule is CC(C)COC(=O)NS(=O)(=O)c1cc(-n2c(=O)cc(C(F)(F)F)n(C)c2=O)c(F)cc1Cl. The largest absolute Gasteiger partial charge is 0.449 e. The standard InChI is InChI=1S/C17H16ClF4N3O6S/c1-8(2)7-31-15(27)23-32(29,30)12-5-11(10(19)4-9(12)18)25-14(26)6-13(17(20,21)22)24(3)16(25)28/h4-6,8H,7H2,1-3H3,(H,23,27). The van der Waals surface area contributed by atoms with Crippen molar-refractivity contribution >= 4 is 27.7 Å². The highest BCUT2D eigenvalue weighted by atomic mass is 35.5. The number of nitrogens with zero attached hydrogens (tertiary/aromatic N) is 2. The maximum absolute atomic E-state index is 14.5. The van der Waals surface area contributed by atoms with E-state index in [4.69, 9.17) is 11.6 Å². The molecular weight excluding hydrogens is 486 g/mol. The first-order chi connectivity index (χ1) is 14.6. The average molecular weight is 502 g/mol. The van der Waals surface area contributed by atoms with Crippen molar-refractivity contribution in [2.24, 2.45) is 13.0 Å². The van der Waals surface area contributed by atoms with Gasteiger partial charge in [-0.15, -0.1) is 0 Å². The normalized spacial score (nSPS) is 12.2. The predicted octanol–water partition coefficient (Wildman–Crippen LogP) is 2.42. The van der Waals surface area contributed by atoms with Crippen LogP contribution in [-0.2, 0) is 28.0 Å². The number of nitrogens with one attached hydrogen (secondary N) is 1. The molecule has 0 aliphatic rings. The van der Waals surface area contributed by atoms with Crippen LogP contribution >= 0.6 is 11.6 Å². The molecule has 0 saturated heterocycles. The topological polar surface area (TPSA) is 116 Å². The number of halogens is 5. The summed E-state index contributed by atoms with van der Waals surface area (Å²) in [7, 11) is -4.09. The summed E-state index contributed by atoms with van der Waals surface area (Å²) in [5, 5.41) is -0.729. The molecule has 0 atom stereocenters. The van der Waals surface area contributed by atoms with Gasteiger partial charge < -0.3 is 4.74 Å². The lowest BCUT2D eigenvalue weighted by Crippen LogP contribution is -2.41. The second-order valence-corrected chi connectivity index (χ2v) is 8.93. The molecule has 1 aromatic heterocycles. The van der Waals surface area contributed by atoms with Crippen molar-refractivity contribution in [3.8, 4) is 5.69 Å². The molecule has 1 N–H and O–H groups in total. The molecule has 1 amide bonds. The van der Waals surface area contributed by atoms with Crippen LogP contribution in [0.1, 0.15) is 19.5 Å². The first-order valence-corrected chi connectivity index (χ1v) is 10.5. The van der Waals surface area contributed by atoms with Crippen LogP contribution in [0.15, 0.2) is 32.7 Å². The minimum atomic E-state index is -5.06. The molecule has 0 spiro atoms. The van der Waals surface area contributed by atoms with E-state index in [0.29, 0.717) is 19.2 Å². The average Bonchev–Trinajstić information content (AvgIpc) is 2.63. The van der Waals surface area contributed by atoms with Crippen LogP contribution in [0.5, 0.6) is 0 Å². The Morgan fingerprint density at radius 1 is 1.22 bits per heavy atom. The number of aromatic nitrogens is 2. The lowest BCUT2D eigenvalue weighted by Gasteiger charge is -2.15. The third kappa shape index (κ3) is 5.30. The Labute approximate surface area is 183 Å². The Hall–Kier alpha value is -2.87. The van der Waals surface area contributed by atoms with Gasteiger partial charge in [0.25, 0.3) is 15.6 Å². The molecule has 0 aliphatic carbocycles. The van der Waals surface area contributed by atoms with E-state index in [2.05, 4.69) is 4.74 Å². The van der Waals surface area contributed by atoms with Crippen molar-refractivity contribution in [1.29, 1.82) is 0 Å². The van der Waals surface area contributed by atoms with Gasteiger partial charge in [0.05, 0.1) is 17.3 Å². The van der Waals surface area contributed by atoms with Crippen LogP contribution in [-0.4, -0.2) is 30.3 Å². The van der Waals surface area contributed by atoms with Gasteiger partial charge in [-0.3, -0.25) is 9.36 Å². The van der Waals surface area contributed by atoms with Gasteiger partial charge in [0.15, 0.2) is 0 Å². The molecule has 2 rings (SSSR count). The summed E-state index contributed by atoms with van der Waals surface area (Å²) >= 11 is 5.75. The molecule has 0 unspecified atom stereocenters. The number of hydrogen-bond acceptors (Lipinski definition) is 6. The number of rotatable bonds is 5. The van der Waals surface area contributed by atoms with Crippen LogP contribution < -0.4 is 16.0 Å². The third-order valence-corrected chi connectivity index (χ3v) is 5.68. The maximum Gasteiger partial charge on any atom is 0.431 e. The van der Waals surface area contributed by atoms with Gasteiger partial charge in [-0.05, 0) is 18.1 Å². The van der Waals surface area contributed by atoms with Crippen molar-refractivity contribution in [2.45, 2.75) is 24.9 Å². The smallest absolute Gasteiger partial charge is 0.431 e. The van der Waals surface area contributed by atoms with Crippen LogP contribution in [0.25, 0.3) is 5.69 Å². The number of ether oxygens (including phenoxy) is 1. The van der Waals surface area contributed by atoms with Crippen LogP contribution in [0.4, 0.5) is 22.4 Å². The summed E-state index contributed by atoms with van der Waals surface area (Å²) in [5.74, 6) is -1.50. The van der Waals surface area contributed by atoms with Crippen molar-refractivity contribution in [3.05, 3.63) is 55.6 Å². The molecule has 2 aromatic rings. The predicted molar refractivity (Wildman–Crippen MR) is 104 cm³/mol. The number of sulfonamides is 1. The van der Waals surface area contributed by atoms with Crippen molar-refractivity contribution in [3.63, 3.8) is 0 Å². The number of amides is 1. The number of benzene rings is 1. The number of alkyl halides is 3. The second kappa shape index (κ2) is 8.94. The fraction of sp³-hybridized carbons (Fsp3) is 0.353. The number of carbonyl (C=O) groups excluding carboxylic acids is 1. The van der Waals surface area contributed by atoms with Gasteiger partial charge in [-0.25, -0.2) is 31.7 Å². The molecule has 32 heavy (non-hydrogen) atoms. The van der Waals surface area contributed by atoms with E-state index >= 15 is 0 Å². The van der Waals surface area contributed by atoms with Gasteiger partial charge in [-0.2, -0.15) is 13.2 Å². The Morgan fingerprint density at radius 3 is 2.34 bits per heavy atom. The molecule has 0 aliphatic heterocycles. The molecule has 0 radical (unpaired) electrons. The monoisotopic (exact) mass is 501 g/mol. The Morgan fingerprint density at radius 2 is 1.81 bits per heavy atom. The highest BCUT2D eigenvalue weighted by Crippen LogP contribution is 2.28. The summed E-state index contributed by atoms with van der Waals surface area (Å²) in [4.78, 5) is 35.3. The lowest BCUT2D eigenvalue weighted by molar-refractivity contribution is -0.144. The summed E-state index contributed by atoms with van der Waals surface area (Å²) in [5.41, 5.74) is -5.77. The van der Waals surface area contributed by atoms with Crippen LogP contribution in [0.2, 0.25) is 5.02 Å². The lowest BCUT2D eigenvalue weighted by atomic mass is 10.2. The highest BCUT2D eigenvalue weighted by molar-refractivity contribution is 7.90. The van der Waals surface area contributed by atoms with E-state index in [1.807, 2.05) is 0 Å². The molecule has 0 fully saturated rings. The summed E-state index contributed by atoms with van der Waals surface area (Å²) < 4.78 is 84.7. The minimum absolute atomic E-state index is 0.00297. The molecule has 0 bridgehead atoms. The summed E-state index contributed by atoms with van der Waals surface area (Å²) in [6.07, 6.45) is -6.43. The zero-order chi connectivity index (χ0) is 24.6. The minimum Gasteiger partial charge on any atom is -0.449 e. The fourth-order valence-corrected chi connectivity index (χ4v) is 3.88. The zero-order valence-corrected chi connectivity index (χ0v) is 18.2. The Kier molecular flexibility index (Phi) is 7.09. The van der Waals surface area contributed by atoms with E-state index in [-0.39, 0.29) is 27.7 Å². The van der Waals surface area contributed by atoms with Gasteiger partial charge >= 0.3 is 18.0 Å². The molecule has 9 nitrogen and oxygen atoms in total. The van der Waals surface area contributed by atoms with Gasteiger partial charge in [0, 0.05) is 13.1 Å². The van der Waals surface area contributed by atoms with Gasteiger partial charge in [0.2, 0.25) is 0 Å². The van der Waals surface area contributed by atoms with E-state index in [0.717, 1.165) is 0 Å². The van der Waals surface area contributed by atoms with Crippen LogP contribution in [0.3, 0.4) is 0 Å². The molecule has 1 aromatic carbocycles. The summed E-state index contributed by atoms with van der Waals surface area (Å²) in [6, 6.07) is 0.908. The van der Waals surface area contributed by atoms with E-state index < -0.39 is 60.7 Å². The van der Waals surface area contributed by atoms with E-state index in [1.165, 1.54) is 4.72 Å². The van der Waals surface area contributed by atoms with Crippen molar-refractivity contribution in [1.82, 2.24) is 13.9 Å². The second-order valence-electron chi connectivity index (χ2n) is 6.87. The van der Waals surface area contributed by atoms with Crippen molar-refractivity contribution in [2.75, 3.05) is 6.61 Å².